The van der Waals surface area contributed by atoms with E-state index in [1.165, 1.54) is 7.11 Å². The summed E-state index contributed by atoms with van der Waals surface area (Å²) in [6.45, 7) is 6.15. The number of ketones is 1. The van der Waals surface area contributed by atoms with Crippen LogP contribution in [0.1, 0.15) is 40.0 Å². The number of methoxy groups -OCH3 is 1. The van der Waals surface area contributed by atoms with E-state index in [0.29, 0.717) is 12.3 Å². The van der Waals surface area contributed by atoms with Gasteiger partial charge in [-0.1, -0.05) is 20.8 Å². The summed E-state index contributed by atoms with van der Waals surface area (Å²) in [5.74, 6) is -0.567. The van der Waals surface area contributed by atoms with Crippen LogP contribution in [0, 0.1) is 17.3 Å². The second-order valence-electron chi connectivity index (χ2n) is 4.94. The van der Waals surface area contributed by atoms with Crippen LogP contribution in [-0.2, 0) is 14.3 Å². The molecule has 1 rings (SSSR count). The van der Waals surface area contributed by atoms with Crippen LogP contribution in [0.2, 0.25) is 0 Å². The van der Waals surface area contributed by atoms with Crippen LogP contribution in [0.15, 0.2) is 0 Å². The Morgan fingerprint density at radius 1 is 1.53 bits per heavy atom. The topological polar surface area (TPSA) is 43.4 Å². The molecule has 0 heterocycles. The van der Waals surface area contributed by atoms with Gasteiger partial charge in [0.25, 0.3) is 0 Å². The van der Waals surface area contributed by atoms with Crippen LogP contribution >= 0.6 is 0 Å². The molecule has 0 aromatic rings. The molecule has 86 valence electrons. The van der Waals surface area contributed by atoms with E-state index in [1.54, 1.807) is 0 Å². The SMILES string of the molecule is COC(=O)C1C(=O)CCCC1(C)C(C)C. The molecule has 1 fully saturated rings. The lowest BCUT2D eigenvalue weighted by molar-refractivity contribution is -0.159. The van der Waals surface area contributed by atoms with Crippen molar-refractivity contribution in [2.45, 2.75) is 40.0 Å². The van der Waals surface area contributed by atoms with Crippen LogP contribution in [-0.4, -0.2) is 18.9 Å². The fourth-order valence-corrected chi connectivity index (χ4v) is 2.44. The van der Waals surface area contributed by atoms with Crippen molar-refractivity contribution in [1.82, 2.24) is 0 Å². The molecule has 0 aromatic carbocycles. The van der Waals surface area contributed by atoms with E-state index >= 15 is 0 Å². The Morgan fingerprint density at radius 3 is 2.60 bits per heavy atom. The summed E-state index contributed by atoms with van der Waals surface area (Å²) in [7, 11) is 1.35. The lowest BCUT2D eigenvalue weighted by Crippen LogP contribution is -2.46. The van der Waals surface area contributed by atoms with Crippen LogP contribution in [0.4, 0.5) is 0 Å². The van der Waals surface area contributed by atoms with Crippen LogP contribution in [0.3, 0.4) is 0 Å². The minimum absolute atomic E-state index is 0.0456. The van der Waals surface area contributed by atoms with E-state index < -0.39 is 5.92 Å². The summed E-state index contributed by atoms with van der Waals surface area (Å²) in [6.07, 6.45) is 2.33. The van der Waals surface area contributed by atoms with Gasteiger partial charge in [0.05, 0.1) is 7.11 Å². The third-order valence-electron chi connectivity index (χ3n) is 3.88. The van der Waals surface area contributed by atoms with E-state index in [0.717, 1.165) is 12.8 Å². The van der Waals surface area contributed by atoms with E-state index in [9.17, 15) is 9.59 Å². The summed E-state index contributed by atoms with van der Waals surface area (Å²) in [4.78, 5) is 23.5. The molecule has 3 heteroatoms. The number of carbonyl (C=O) groups is 2. The molecule has 1 saturated carbocycles. The first-order valence-corrected chi connectivity index (χ1v) is 5.54. The quantitative estimate of drug-likeness (QED) is 0.520. The molecule has 0 amide bonds. The van der Waals surface area contributed by atoms with E-state index in [4.69, 9.17) is 4.74 Å². The molecule has 0 aliphatic heterocycles. The fraction of sp³-hybridized carbons (Fsp3) is 0.833. The third-order valence-corrected chi connectivity index (χ3v) is 3.88. The van der Waals surface area contributed by atoms with E-state index in [1.807, 2.05) is 6.92 Å². The van der Waals surface area contributed by atoms with Crippen molar-refractivity contribution < 1.29 is 14.3 Å². The fourth-order valence-electron chi connectivity index (χ4n) is 2.44. The summed E-state index contributed by atoms with van der Waals surface area (Å²) in [5, 5.41) is 0. The van der Waals surface area contributed by atoms with Crippen molar-refractivity contribution in [1.29, 1.82) is 0 Å². The second-order valence-corrected chi connectivity index (χ2v) is 4.94. The molecule has 0 saturated heterocycles. The lowest BCUT2D eigenvalue weighted by atomic mass is 9.61. The number of Topliss-reactive ketones (excluding diaryl/α,β-unsaturated/α-hetero) is 1. The van der Waals surface area contributed by atoms with Crippen LogP contribution < -0.4 is 0 Å². The normalized spacial score (nSPS) is 31.8. The molecule has 0 N–H and O–H groups in total. The highest BCUT2D eigenvalue weighted by atomic mass is 16.5. The first kappa shape index (κ1) is 12.2. The Kier molecular flexibility index (Phi) is 3.53. The minimum atomic E-state index is -0.559. The maximum absolute atomic E-state index is 11.8. The summed E-state index contributed by atoms with van der Waals surface area (Å²) in [5.41, 5.74) is -0.234. The van der Waals surface area contributed by atoms with Gasteiger partial charge < -0.3 is 4.74 Å². The average molecular weight is 212 g/mol. The van der Waals surface area contributed by atoms with Gasteiger partial charge in [-0.3, -0.25) is 9.59 Å². The average Bonchev–Trinajstić information content (AvgIpc) is 2.17. The zero-order valence-electron chi connectivity index (χ0n) is 10.0. The highest BCUT2D eigenvalue weighted by Gasteiger charge is 2.48. The molecule has 0 spiro atoms. The summed E-state index contributed by atoms with van der Waals surface area (Å²) in [6, 6.07) is 0. The Morgan fingerprint density at radius 2 is 2.13 bits per heavy atom. The van der Waals surface area contributed by atoms with Gasteiger partial charge >= 0.3 is 5.97 Å². The van der Waals surface area contributed by atoms with Crippen molar-refractivity contribution in [2.75, 3.05) is 7.11 Å². The van der Waals surface area contributed by atoms with Gasteiger partial charge in [0.1, 0.15) is 11.7 Å². The maximum Gasteiger partial charge on any atom is 0.316 e. The number of rotatable bonds is 2. The summed E-state index contributed by atoms with van der Waals surface area (Å²) >= 11 is 0. The number of hydrogen-bond donors (Lipinski definition) is 0. The molecular weight excluding hydrogens is 192 g/mol. The Balaban J connectivity index is 3.02. The predicted molar refractivity (Wildman–Crippen MR) is 57.3 cm³/mol. The van der Waals surface area contributed by atoms with Crippen molar-refractivity contribution in [3.8, 4) is 0 Å². The minimum Gasteiger partial charge on any atom is -0.468 e. The Labute approximate surface area is 91.2 Å². The van der Waals surface area contributed by atoms with Crippen molar-refractivity contribution in [2.24, 2.45) is 17.3 Å². The van der Waals surface area contributed by atoms with Gasteiger partial charge in [-0.2, -0.15) is 0 Å². The molecule has 1 aliphatic carbocycles. The molecule has 0 aromatic heterocycles. The molecule has 0 radical (unpaired) electrons. The van der Waals surface area contributed by atoms with Gasteiger partial charge in [0.2, 0.25) is 0 Å². The molecular formula is C12H20O3. The maximum atomic E-state index is 11.8. The monoisotopic (exact) mass is 212 g/mol. The first-order chi connectivity index (χ1) is 6.93. The van der Waals surface area contributed by atoms with Gasteiger partial charge in [-0.05, 0) is 24.2 Å². The molecule has 2 atom stereocenters. The smallest absolute Gasteiger partial charge is 0.316 e. The summed E-state index contributed by atoms with van der Waals surface area (Å²) < 4.78 is 4.75. The number of esters is 1. The van der Waals surface area contributed by atoms with Crippen molar-refractivity contribution in [3.05, 3.63) is 0 Å². The molecule has 2 unspecified atom stereocenters. The number of carbonyl (C=O) groups excluding carboxylic acids is 2. The van der Waals surface area contributed by atoms with E-state index in [2.05, 4.69) is 13.8 Å². The molecule has 0 bridgehead atoms. The lowest BCUT2D eigenvalue weighted by Gasteiger charge is -2.41. The van der Waals surface area contributed by atoms with Gasteiger partial charge in [-0.25, -0.2) is 0 Å². The van der Waals surface area contributed by atoms with Gasteiger partial charge in [0, 0.05) is 6.42 Å². The largest absolute Gasteiger partial charge is 0.468 e. The third kappa shape index (κ3) is 2.06. The highest BCUT2D eigenvalue weighted by Crippen LogP contribution is 2.45. The highest BCUT2D eigenvalue weighted by molar-refractivity contribution is 6.00. The zero-order chi connectivity index (χ0) is 11.6. The van der Waals surface area contributed by atoms with Crippen LogP contribution in [0.25, 0.3) is 0 Å². The van der Waals surface area contributed by atoms with Crippen LogP contribution in [0.5, 0.6) is 0 Å². The Hall–Kier alpha value is -0.860. The van der Waals surface area contributed by atoms with Crippen molar-refractivity contribution >= 4 is 11.8 Å². The standard InChI is InChI=1S/C12H20O3/c1-8(2)12(3)7-5-6-9(13)10(12)11(14)15-4/h8,10H,5-7H2,1-4H3. The predicted octanol–water partition coefficient (Wildman–Crippen LogP) is 2.19. The van der Waals surface area contributed by atoms with Gasteiger partial charge in [-0.15, -0.1) is 0 Å². The number of ether oxygens (including phenoxy) is 1. The molecule has 3 nitrogen and oxygen atoms in total. The number of hydrogen-bond acceptors (Lipinski definition) is 3. The van der Waals surface area contributed by atoms with Gasteiger partial charge in [0.15, 0.2) is 0 Å². The Bertz CT molecular complexity index is 262. The second kappa shape index (κ2) is 4.33. The van der Waals surface area contributed by atoms with E-state index in [-0.39, 0.29) is 17.2 Å². The first-order valence-electron chi connectivity index (χ1n) is 5.54. The zero-order valence-corrected chi connectivity index (χ0v) is 10.0. The molecule has 1 aliphatic rings. The molecule has 15 heavy (non-hydrogen) atoms. The van der Waals surface area contributed by atoms with Crippen molar-refractivity contribution in [3.63, 3.8) is 0 Å².